The minimum Gasteiger partial charge on any atom is -0.481 e. The topological polar surface area (TPSA) is 149 Å². The van der Waals surface area contributed by atoms with Crippen molar-refractivity contribution in [1.29, 1.82) is 0 Å². The molecular weight excluding hydrogens is 436 g/mol. The third-order valence-electron chi connectivity index (χ3n) is 3.21. The molecular formula is C22H44N2O9. The number of nitrogens with one attached hydrogen (secondary N) is 2. The Hall–Kier alpha value is -2.08. The summed E-state index contributed by atoms with van der Waals surface area (Å²) in [5.41, 5.74) is 0. The van der Waals surface area contributed by atoms with Crippen LogP contribution in [-0.4, -0.2) is 94.6 Å². The second kappa shape index (κ2) is 29.9. The summed E-state index contributed by atoms with van der Waals surface area (Å²) in [6, 6.07) is 0. The number of carboxylic acid groups (broad SMARTS) is 1. The fourth-order valence-corrected chi connectivity index (χ4v) is 1.89. The van der Waals surface area contributed by atoms with Crippen LogP contribution in [0, 0.1) is 0 Å². The van der Waals surface area contributed by atoms with Crippen LogP contribution in [0.5, 0.6) is 0 Å². The van der Waals surface area contributed by atoms with E-state index in [1.165, 1.54) is 6.92 Å². The molecule has 0 rings (SSSR count). The number of amides is 2. The van der Waals surface area contributed by atoms with Gasteiger partial charge in [-0.2, -0.15) is 0 Å². The molecule has 0 aliphatic carbocycles. The lowest BCUT2D eigenvalue weighted by Gasteiger charge is -2.08. The zero-order chi connectivity index (χ0) is 25.7. The molecule has 0 radical (unpaired) electrons. The van der Waals surface area contributed by atoms with Gasteiger partial charge in [0.1, 0.15) is 13.2 Å². The number of carbonyl (C=O) groups is 4. The number of rotatable bonds is 20. The van der Waals surface area contributed by atoms with Crippen molar-refractivity contribution in [3.63, 3.8) is 0 Å². The van der Waals surface area contributed by atoms with Crippen LogP contribution in [-0.2, 0) is 38.1 Å². The Bertz CT molecular complexity index is 488. The number of aliphatic carboxylic acids is 1. The molecule has 0 saturated carbocycles. The second-order valence-corrected chi connectivity index (χ2v) is 5.98. The predicted octanol–water partition coefficient (Wildman–Crippen LogP) is 1.18. The predicted molar refractivity (Wildman–Crippen MR) is 124 cm³/mol. The van der Waals surface area contributed by atoms with Gasteiger partial charge in [-0.1, -0.05) is 27.7 Å². The number of ketones is 1. The zero-order valence-corrected chi connectivity index (χ0v) is 20.9. The Kier molecular flexibility index (Phi) is 32.2. The standard InChI is InChI=1S/C18H32N2O9.2C2H6/c1-15(21)13-28-11-9-27-8-6-20-17(23)14-29-12-10-26-7-5-19-16(22)3-2-4-18(24)25;2*1-2/h2-14H2,1H3,(H,19,22)(H,20,23)(H,24,25);2*1-2H3. The van der Waals surface area contributed by atoms with Crippen molar-refractivity contribution < 1.29 is 43.2 Å². The van der Waals surface area contributed by atoms with Gasteiger partial charge in [0.25, 0.3) is 0 Å². The molecule has 0 aromatic carbocycles. The van der Waals surface area contributed by atoms with Gasteiger partial charge in [-0.05, 0) is 13.3 Å². The first-order chi connectivity index (χ1) is 15.9. The summed E-state index contributed by atoms with van der Waals surface area (Å²) >= 11 is 0. The van der Waals surface area contributed by atoms with Crippen molar-refractivity contribution in [3.05, 3.63) is 0 Å². The molecule has 0 aliphatic heterocycles. The maximum Gasteiger partial charge on any atom is 0.303 e. The van der Waals surface area contributed by atoms with E-state index in [-0.39, 0.29) is 56.9 Å². The minimum absolute atomic E-state index is 0.0287. The third-order valence-corrected chi connectivity index (χ3v) is 3.21. The van der Waals surface area contributed by atoms with E-state index in [0.717, 1.165) is 0 Å². The Balaban J connectivity index is -0.00000212. The normalized spacial score (nSPS) is 9.61. The Labute approximate surface area is 197 Å². The van der Waals surface area contributed by atoms with Crippen LogP contribution in [0.2, 0.25) is 0 Å². The summed E-state index contributed by atoms with van der Waals surface area (Å²) in [4.78, 5) is 43.9. The summed E-state index contributed by atoms with van der Waals surface area (Å²) in [7, 11) is 0. The summed E-state index contributed by atoms with van der Waals surface area (Å²) in [6.07, 6.45) is 0.446. The molecule has 0 bridgehead atoms. The number of carboxylic acids is 1. The van der Waals surface area contributed by atoms with E-state index in [1.807, 2.05) is 27.7 Å². The van der Waals surface area contributed by atoms with Crippen molar-refractivity contribution in [1.82, 2.24) is 10.6 Å². The lowest BCUT2D eigenvalue weighted by Crippen LogP contribution is -2.31. The molecule has 0 aromatic heterocycles. The molecule has 11 heteroatoms. The van der Waals surface area contributed by atoms with Crippen molar-refractivity contribution >= 4 is 23.6 Å². The highest BCUT2D eigenvalue weighted by molar-refractivity contribution is 5.77. The lowest BCUT2D eigenvalue weighted by molar-refractivity contribution is -0.137. The fraction of sp³-hybridized carbons (Fsp3) is 0.818. The molecule has 0 atom stereocenters. The van der Waals surface area contributed by atoms with Gasteiger partial charge in [0, 0.05) is 25.9 Å². The SMILES string of the molecule is CC.CC.CC(=O)COCCOCCNC(=O)COCCOCCNC(=O)CCCC(=O)O. The third kappa shape index (κ3) is 34.7. The van der Waals surface area contributed by atoms with Gasteiger partial charge >= 0.3 is 5.97 Å². The van der Waals surface area contributed by atoms with Crippen molar-refractivity contribution in [2.75, 3.05) is 65.9 Å². The molecule has 33 heavy (non-hydrogen) atoms. The summed E-state index contributed by atoms with van der Waals surface area (Å²) in [5, 5.41) is 13.7. The minimum atomic E-state index is -0.921. The molecule has 0 aliphatic rings. The smallest absolute Gasteiger partial charge is 0.303 e. The number of carbonyl (C=O) groups excluding carboxylic acids is 3. The van der Waals surface area contributed by atoms with Crippen molar-refractivity contribution in [2.45, 2.75) is 53.9 Å². The van der Waals surface area contributed by atoms with Crippen LogP contribution in [0.15, 0.2) is 0 Å². The van der Waals surface area contributed by atoms with E-state index in [2.05, 4.69) is 10.6 Å². The van der Waals surface area contributed by atoms with Crippen LogP contribution in [0.3, 0.4) is 0 Å². The second-order valence-electron chi connectivity index (χ2n) is 5.98. The Morgan fingerprint density at radius 1 is 0.636 bits per heavy atom. The number of hydrogen-bond acceptors (Lipinski definition) is 8. The van der Waals surface area contributed by atoms with Crippen molar-refractivity contribution in [3.8, 4) is 0 Å². The van der Waals surface area contributed by atoms with Gasteiger partial charge < -0.3 is 34.7 Å². The van der Waals surface area contributed by atoms with E-state index in [9.17, 15) is 19.2 Å². The summed E-state index contributed by atoms with van der Waals surface area (Å²) in [5.74, 6) is -1.44. The monoisotopic (exact) mass is 480 g/mol. The maximum absolute atomic E-state index is 11.5. The largest absolute Gasteiger partial charge is 0.481 e. The Morgan fingerprint density at radius 3 is 1.58 bits per heavy atom. The summed E-state index contributed by atoms with van der Waals surface area (Å²) in [6.45, 7) is 11.9. The molecule has 0 spiro atoms. The van der Waals surface area contributed by atoms with Crippen LogP contribution in [0.4, 0.5) is 0 Å². The molecule has 11 nitrogen and oxygen atoms in total. The van der Waals surface area contributed by atoms with Crippen LogP contribution in [0.25, 0.3) is 0 Å². The number of Topliss-reactive ketones (excluding diaryl/α,β-unsaturated/α-hetero) is 1. The zero-order valence-electron chi connectivity index (χ0n) is 20.9. The van der Waals surface area contributed by atoms with Gasteiger partial charge in [0.2, 0.25) is 11.8 Å². The molecule has 0 heterocycles. The van der Waals surface area contributed by atoms with Crippen LogP contribution >= 0.6 is 0 Å². The summed E-state index contributed by atoms with van der Waals surface area (Å²) < 4.78 is 20.7. The Morgan fingerprint density at radius 2 is 1.09 bits per heavy atom. The van der Waals surface area contributed by atoms with Crippen LogP contribution < -0.4 is 10.6 Å². The maximum atomic E-state index is 11.5. The van der Waals surface area contributed by atoms with Gasteiger partial charge in [-0.3, -0.25) is 19.2 Å². The van der Waals surface area contributed by atoms with E-state index >= 15 is 0 Å². The average molecular weight is 481 g/mol. The number of hydrogen-bond donors (Lipinski definition) is 3. The highest BCUT2D eigenvalue weighted by atomic mass is 16.5. The molecule has 0 saturated heterocycles. The average Bonchev–Trinajstić information content (AvgIpc) is 2.79. The van der Waals surface area contributed by atoms with E-state index in [0.29, 0.717) is 45.9 Å². The molecule has 3 N–H and O–H groups in total. The first kappa shape index (κ1) is 35.5. The quantitative estimate of drug-likeness (QED) is 0.218. The highest BCUT2D eigenvalue weighted by Crippen LogP contribution is 1.94. The first-order valence-corrected chi connectivity index (χ1v) is 11.5. The first-order valence-electron chi connectivity index (χ1n) is 11.5. The molecule has 2 amide bonds. The van der Waals surface area contributed by atoms with Gasteiger partial charge in [0.05, 0.1) is 39.6 Å². The van der Waals surface area contributed by atoms with Crippen LogP contribution in [0.1, 0.15) is 53.9 Å². The number of ether oxygens (including phenoxy) is 4. The van der Waals surface area contributed by atoms with Gasteiger partial charge in [-0.25, -0.2) is 0 Å². The fourth-order valence-electron chi connectivity index (χ4n) is 1.89. The van der Waals surface area contributed by atoms with E-state index < -0.39 is 5.97 Å². The molecule has 196 valence electrons. The van der Waals surface area contributed by atoms with Crippen molar-refractivity contribution in [2.24, 2.45) is 0 Å². The van der Waals surface area contributed by atoms with Gasteiger partial charge in [-0.15, -0.1) is 0 Å². The van der Waals surface area contributed by atoms with E-state index in [1.54, 1.807) is 0 Å². The van der Waals surface area contributed by atoms with Gasteiger partial charge in [0.15, 0.2) is 5.78 Å². The molecule has 0 aromatic rings. The van der Waals surface area contributed by atoms with E-state index in [4.69, 9.17) is 24.1 Å². The lowest BCUT2D eigenvalue weighted by atomic mass is 10.2. The molecule has 0 unspecified atom stereocenters. The molecule has 0 fully saturated rings. The highest BCUT2D eigenvalue weighted by Gasteiger charge is 2.03.